The van der Waals surface area contributed by atoms with Gasteiger partial charge in [0, 0.05) is 38.6 Å². The molecule has 17 heavy (non-hydrogen) atoms. The first-order chi connectivity index (χ1) is 8.27. The molecule has 1 aromatic rings. The van der Waals surface area contributed by atoms with Crippen molar-refractivity contribution >= 4 is 27.5 Å². The van der Waals surface area contributed by atoms with Gasteiger partial charge in [-0.25, -0.2) is 0 Å². The van der Waals surface area contributed by atoms with Crippen LogP contribution >= 0.6 is 15.9 Å². The minimum Gasteiger partial charge on any atom is -0.375 e. The molecule has 2 N–H and O–H groups in total. The number of carbonyl (C=O) groups is 1. The monoisotopic (exact) mass is 298 g/mol. The van der Waals surface area contributed by atoms with E-state index in [1.807, 2.05) is 11.0 Å². The Labute approximate surface area is 109 Å². The lowest BCUT2D eigenvalue weighted by Crippen LogP contribution is -2.48. The highest BCUT2D eigenvalue weighted by molar-refractivity contribution is 9.10. The van der Waals surface area contributed by atoms with Crippen LogP contribution in [0.25, 0.3) is 0 Å². The molecule has 0 bridgehead atoms. The van der Waals surface area contributed by atoms with E-state index in [0.29, 0.717) is 6.54 Å². The third kappa shape index (κ3) is 3.41. The standard InChI is InChI=1S/C11H15BrN4O/c12-9-7-14-2-1-10(9)15-8-11(17)16-5-3-13-4-6-16/h1-2,7,13H,3-6,8H2,(H,14,15). The molecule has 1 aliphatic rings. The number of aromatic nitrogens is 1. The lowest BCUT2D eigenvalue weighted by atomic mass is 10.3. The van der Waals surface area contributed by atoms with Crippen LogP contribution in [0.4, 0.5) is 5.69 Å². The first-order valence-electron chi connectivity index (χ1n) is 5.59. The number of pyridine rings is 1. The van der Waals surface area contributed by atoms with Crippen molar-refractivity contribution in [3.8, 4) is 0 Å². The Bertz CT molecular complexity index is 393. The number of nitrogens with zero attached hydrogens (tertiary/aromatic N) is 2. The Kier molecular flexibility index (Phi) is 4.33. The molecule has 0 saturated carbocycles. The minimum absolute atomic E-state index is 0.134. The molecule has 1 saturated heterocycles. The van der Waals surface area contributed by atoms with Gasteiger partial charge in [-0.3, -0.25) is 9.78 Å². The summed E-state index contributed by atoms with van der Waals surface area (Å²) in [6, 6.07) is 1.84. The van der Waals surface area contributed by atoms with Crippen molar-refractivity contribution in [1.82, 2.24) is 15.2 Å². The van der Waals surface area contributed by atoms with Crippen LogP contribution in [-0.2, 0) is 4.79 Å². The zero-order valence-electron chi connectivity index (χ0n) is 9.45. The number of anilines is 1. The SMILES string of the molecule is O=C(CNc1ccncc1Br)N1CCNCC1. The van der Waals surface area contributed by atoms with Crippen LogP contribution in [-0.4, -0.2) is 48.5 Å². The zero-order chi connectivity index (χ0) is 12.1. The molecular weight excluding hydrogens is 284 g/mol. The predicted octanol–water partition coefficient (Wildman–Crippen LogP) is 0.688. The van der Waals surface area contributed by atoms with Crippen LogP contribution in [0.15, 0.2) is 22.9 Å². The number of hydrogen-bond donors (Lipinski definition) is 2. The van der Waals surface area contributed by atoms with Crippen LogP contribution < -0.4 is 10.6 Å². The number of halogens is 1. The van der Waals surface area contributed by atoms with Gasteiger partial charge in [-0.2, -0.15) is 0 Å². The minimum atomic E-state index is 0.134. The fourth-order valence-electron chi connectivity index (χ4n) is 1.72. The van der Waals surface area contributed by atoms with E-state index in [2.05, 4.69) is 31.5 Å². The van der Waals surface area contributed by atoms with E-state index >= 15 is 0 Å². The molecule has 2 heterocycles. The maximum absolute atomic E-state index is 11.9. The topological polar surface area (TPSA) is 57.3 Å². The number of piperazine rings is 1. The summed E-state index contributed by atoms with van der Waals surface area (Å²) in [4.78, 5) is 17.7. The summed E-state index contributed by atoms with van der Waals surface area (Å²) in [5, 5.41) is 6.33. The average Bonchev–Trinajstić information content (AvgIpc) is 2.38. The lowest BCUT2D eigenvalue weighted by molar-refractivity contribution is -0.129. The fourth-order valence-corrected chi connectivity index (χ4v) is 2.11. The first kappa shape index (κ1) is 12.3. The van der Waals surface area contributed by atoms with Crippen molar-refractivity contribution < 1.29 is 4.79 Å². The Morgan fingerprint density at radius 2 is 2.29 bits per heavy atom. The average molecular weight is 299 g/mol. The van der Waals surface area contributed by atoms with Crippen molar-refractivity contribution in [3.63, 3.8) is 0 Å². The van der Waals surface area contributed by atoms with Crippen LogP contribution in [0.2, 0.25) is 0 Å². The van der Waals surface area contributed by atoms with Crippen LogP contribution in [0.1, 0.15) is 0 Å². The zero-order valence-corrected chi connectivity index (χ0v) is 11.0. The van der Waals surface area contributed by atoms with Crippen molar-refractivity contribution in [2.75, 3.05) is 38.0 Å². The van der Waals surface area contributed by atoms with Gasteiger partial charge >= 0.3 is 0 Å². The van der Waals surface area contributed by atoms with E-state index in [-0.39, 0.29) is 5.91 Å². The molecule has 0 aliphatic carbocycles. The van der Waals surface area contributed by atoms with Gasteiger partial charge in [-0.1, -0.05) is 0 Å². The fraction of sp³-hybridized carbons (Fsp3) is 0.455. The quantitative estimate of drug-likeness (QED) is 0.862. The Hall–Kier alpha value is -1.14. The molecule has 0 spiro atoms. The smallest absolute Gasteiger partial charge is 0.241 e. The molecule has 1 fully saturated rings. The van der Waals surface area contributed by atoms with Crippen molar-refractivity contribution in [1.29, 1.82) is 0 Å². The molecule has 1 aromatic heterocycles. The summed E-state index contributed by atoms with van der Waals surface area (Å²) in [6.07, 6.45) is 3.40. The third-order valence-corrected chi connectivity index (χ3v) is 3.30. The Balaban J connectivity index is 1.85. The van der Waals surface area contributed by atoms with Crippen molar-refractivity contribution in [2.24, 2.45) is 0 Å². The number of hydrogen-bond acceptors (Lipinski definition) is 4. The molecule has 1 amide bonds. The maximum atomic E-state index is 11.9. The number of rotatable bonds is 3. The van der Waals surface area contributed by atoms with Crippen LogP contribution in [0.3, 0.4) is 0 Å². The van der Waals surface area contributed by atoms with E-state index in [0.717, 1.165) is 36.3 Å². The van der Waals surface area contributed by atoms with Gasteiger partial charge < -0.3 is 15.5 Å². The predicted molar refractivity (Wildman–Crippen MR) is 69.9 cm³/mol. The van der Waals surface area contributed by atoms with Gasteiger partial charge in [0.25, 0.3) is 0 Å². The first-order valence-corrected chi connectivity index (χ1v) is 6.38. The highest BCUT2D eigenvalue weighted by Crippen LogP contribution is 2.19. The van der Waals surface area contributed by atoms with Gasteiger partial charge in [-0.15, -0.1) is 0 Å². The summed E-state index contributed by atoms with van der Waals surface area (Å²) in [7, 11) is 0. The molecule has 0 unspecified atom stereocenters. The molecule has 0 aromatic carbocycles. The van der Waals surface area contributed by atoms with Gasteiger partial charge in [-0.05, 0) is 22.0 Å². The van der Waals surface area contributed by atoms with E-state index in [9.17, 15) is 4.79 Å². The third-order valence-electron chi connectivity index (χ3n) is 2.67. The highest BCUT2D eigenvalue weighted by atomic mass is 79.9. The van der Waals surface area contributed by atoms with Gasteiger partial charge in [0.2, 0.25) is 5.91 Å². The second-order valence-electron chi connectivity index (χ2n) is 3.84. The molecule has 92 valence electrons. The van der Waals surface area contributed by atoms with Gasteiger partial charge in [0.05, 0.1) is 16.7 Å². The van der Waals surface area contributed by atoms with E-state index in [1.54, 1.807) is 12.4 Å². The largest absolute Gasteiger partial charge is 0.375 e. The summed E-state index contributed by atoms with van der Waals surface area (Å²) in [5.41, 5.74) is 0.892. The van der Waals surface area contributed by atoms with Gasteiger partial charge in [0.15, 0.2) is 0 Å². The normalized spacial score (nSPS) is 15.7. The maximum Gasteiger partial charge on any atom is 0.241 e. The molecule has 2 rings (SSSR count). The number of carbonyl (C=O) groups excluding carboxylic acids is 1. The molecule has 1 aliphatic heterocycles. The number of amides is 1. The highest BCUT2D eigenvalue weighted by Gasteiger charge is 2.15. The van der Waals surface area contributed by atoms with E-state index in [1.165, 1.54) is 0 Å². The summed E-state index contributed by atoms with van der Waals surface area (Å²) in [6.45, 7) is 3.66. The molecule has 5 nitrogen and oxygen atoms in total. The van der Waals surface area contributed by atoms with Crippen LogP contribution in [0.5, 0.6) is 0 Å². The molecule has 0 radical (unpaired) electrons. The second kappa shape index (κ2) is 5.97. The summed E-state index contributed by atoms with van der Waals surface area (Å²) < 4.78 is 0.869. The number of nitrogens with one attached hydrogen (secondary N) is 2. The van der Waals surface area contributed by atoms with E-state index in [4.69, 9.17) is 0 Å². The van der Waals surface area contributed by atoms with E-state index < -0.39 is 0 Å². The van der Waals surface area contributed by atoms with Crippen molar-refractivity contribution in [3.05, 3.63) is 22.9 Å². The summed E-state index contributed by atoms with van der Waals surface area (Å²) >= 11 is 3.38. The Morgan fingerprint density at radius 3 is 3.00 bits per heavy atom. The molecule has 6 heteroatoms. The van der Waals surface area contributed by atoms with Crippen LogP contribution in [0, 0.1) is 0 Å². The summed E-state index contributed by atoms with van der Waals surface area (Å²) in [5.74, 6) is 0.134. The molecular formula is C11H15BrN4O. The lowest BCUT2D eigenvalue weighted by Gasteiger charge is -2.27. The second-order valence-corrected chi connectivity index (χ2v) is 4.69. The van der Waals surface area contributed by atoms with Crippen molar-refractivity contribution in [2.45, 2.75) is 0 Å². The Morgan fingerprint density at radius 1 is 1.53 bits per heavy atom. The molecule has 0 atom stereocenters. The van der Waals surface area contributed by atoms with Gasteiger partial charge in [0.1, 0.15) is 0 Å².